The van der Waals surface area contributed by atoms with Gasteiger partial charge in [-0.1, -0.05) is 13.3 Å². The van der Waals surface area contributed by atoms with E-state index in [1.54, 1.807) is 0 Å². The van der Waals surface area contributed by atoms with Crippen molar-refractivity contribution in [3.63, 3.8) is 0 Å². The molecular weight excluding hydrogens is 156 g/mol. The van der Waals surface area contributed by atoms with Gasteiger partial charge in [0.2, 0.25) is 0 Å². The van der Waals surface area contributed by atoms with Crippen molar-refractivity contribution in [2.45, 2.75) is 26.2 Å². The average Bonchev–Trinajstić information content (AvgIpc) is 2.48. The number of unbranched alkanes of at least 4 members (excludes halogenated alkanes) is 1. The number of thiophene rings is 1. The van der Waals surface area contributed by atoms with Gasteiger partial charge in [0.1, 0.15) is 0 Å². The van der Waals surface area contributed by atoms with E-state index in [0.717, 1.165) is 17.6 Å². The Morgan fingerprint density at radius 3 is 3.00 bits per heavy atom. The molecule has 1 aromatic rings. The van der Waals surface area contributed by atoms with E-state index in [1.165, 1.54) is 29.7 Å². The van der Waals surface area contributed by atoms with E-state index >= 15 is 0 Å². The molecule has 0 unspecified atom stereocenters. The zero-order valence-corrected chi connectivity index (χ0v) is 7.49. The predicted molar refractivity (Wildman–Crippen MR) is 48.3 cm³/mol. The fraction of sp³-hybridized carbons (Fsp3) is 0.444. The van der Waals surface area contributed by atoms with E-state index in [9.17, 15) is 4.79 Å². The van der Waals surface area contributed by atoms with Crippen LogP contribution in [0.15, 0.2) is 11.4 Å². The third kappa shape index (κ3) is 2.46. The summed E-state index contributed by atoms with van der Waals surface area (Å²) >= 11 is 1.53. The van der Waals surface area contributed by atoms with Crippen molar-refractivity contribution < 1.29 is 4.79 Å². The molecule has 60 valence electrons. The van der Waals surface area contributed by atoms with Crippen molar-refractivity contribution in [1.82, 2.24) is 0 Å². The first-order chi connectivity index (χ1) is 5.36. The molecule has 0 spiro atoms. The molecule has 2 heteroatoms. The second-order valence-electron chi connectivity index (χ2n) is 2.58. The molecule has 1 heterocycles. The Balaban J connectivity index is 2.51. The van der Waals surface area contributed by atoms with Crippen LogP contribution in [0.1, 0.15) is 35.0 Å². The van der Waals surface area contributed by atoms with Gasteiger partial charge in [0.05, 0.1) is 4.88 Å². The molecule has 0 bridgehead atoms. The van der Waals surface area contributed by atoms with Crippen molar-refractivity contribution in [2.24, 2.45) is 0 Å². The van der Waals surface area contributed by atoms with Gasteiger partial charge >= 0.3 is 0 Å². The van der Waals surface area contributed by atoms with Crippen LogP contribution in [-0.4, -0.2) is 6.29 Å². The molecule has 1 rings (SSSR count). The van der Waals surface area contributed by atoms with Crippen LogP contribution in [0.4, 0.5) is 0 Å². The highest BCUT2D eigenvalue weighted by Crippen LogP contribution is 2.14. The minimum atomic E-state index is 0.844. The molecule has 0 N–H and O–H groups in total. The summed E-state index contributed by atoms with van der Waals surface area (Å²) in [5.74, 6) is 0. The zero-order valence-electron chi connectivity index (χ0n) is 6.67. The molecule has 0 aromatic carbocycles. The Bertz CT molecular complexity index is 227. The Morgan fingerprint density at radius 1 is 1.64 bits per heavy atom. The van der Waals surface area contributed by atoms with Crippen molar-refractivity contribution >= 4 is 17.6 Å². The maximum atomic E-state index is 10.3. The smallest absolute Gasteiger partial charge is 0.160 e. The van der Waals surface area contributed by atoms with Gasteiger partial charge in [0.15, 0.2) is 6.29 Å². The van der Waals surface area contributed by atoms with Crippen molar-refractivity contribution in [3.05, 3.63) is 21.9 Å². The average molecular weight is 168 g/mol. The van der Waals surface area contributed by atoms with Crippen LogP contribution < -0.4 is 0 Å². The van der Waals surface area contributed by atoms with Gasteiger partial charge in [-0.2, -0.15) is 0 Å². The molecule has 0 aliphatic rings. The van der Waals surface area contributed by atoms with E-state index in [0.29, 0.717) is 0 Å². The predicted octanol–water partition coefficient (Wildman–Crippen LogP) is 2.90. The van der Waals surface area contributed by atoms with Gasteiger partial charge in [-0.3, -0.25) is 4.79 Å². The number of aldehydes is 1. The molecule has 0 fully saturated rings. The second-order valence-corrected chi connectivity index (χ2v) is 3.52. The lowest BCUT2D eigenvalue weighted by Gasteiger charge is -1.91. The van der Waals surface area contributed by atoms with E-state index in [1.807, 2.05) is 6.07 Å². The van der Waals surface area contributed by atoms with Gasteiger partial charge in [0.25, 0.3) is 0 Å². The summed E-state index contributed by atoms with van der Waals surface area (Å²) in [7, 11) is 0. The molecular formula is C9H12OS. The summed E-state index contributed by atoms with van der Waals surface area (Å²) in [6.45, 7) is 2.17. The van der Waals surface area contributed by atoms with Crippen LogP contribution in [0.25, 0.3) is 0 Å². The van der Waals surface area contributed by atoms with Gasteiger partial charge in [-0.15, -0.1) is 11.3 Å². The lowest BCUT2D eigenvalue weighted by molar-refractivity contribution is 0.112. The fourth-order valence-electron chi connectivity index (χ4n) is 0.968. The maximum absolute atomic E-state index is 10.3. The molecule has 0 atom stereocenters. The van der Waals surface area contributed by atoms with Crippen LogP contribution in [0.2, 0.25) is 0 Å². The van der Waals surface area contributed by atoms with Crippen LogP contribution in [0.3, 0.4) is 0 Å². The second kappa shape index (κ2) is 4.29. The molecule has 0 amide bonds. The largest absolute Gasteiger partial charge is 0.297 e. The minimum Gasteiger partial charge on any atom is -0.297 e. The van der Waals surface area contributed by atoms with E-state index in [-0.39, 0.29) is 0 Å². The van der Waals surface area contributed by atoms with Crippen LogP contribution in [0.5, 0.6) is 0 Å². The quantitative estimate of drug-likeness (QED) is 0.632. The highest BCUT2D eigenvalue weighted by Gasteiger charge is 1.96. The summed E-state index contributed by atoms with van der Waals surface area (Å²) in [4.78, 5) is 11.1. The topological polar surface area (TPSA) is 17.1 Å². The SMILES string of the molecule is CCCCc1csc(C=O)c1. The number of rotatable bonds is 4. The lowest BCUT2D eigenvalue weighted by Crippen LogP contribution is -1.79. The highest BCUT2D eigenvalue weighted by atomic mass is 32.1. The third-order valence-corrected chi connectivity index (χ3v) is 2.52. The Morgan fingerprint density at radius 2 is 2.45 bits per heavy atom. The van der Waals surface area contributed by atoms with Crippen molar-refractivity contribution in [2.75, 3.05) is 0 Å². The molecule has 0 saturated carbocycles. The van der Waals surface area contributed by atoms with E-state index in [4.69, 9.17) is 0 Å². The lowest BCUT2D eigenvalue weighted by atomic mass is 10.1. The van der Waals surface area contributed by atoms with Crippen LogP contribution in [-0.2, 0) is 6.42 Å². The molecule has 0 saturated heterocycles. The van der Waals surface area contributed by atoms with Crippen molar-refractivity contribution in [3.8, 4) is 0 Å². The van der Waals surface area contributed by atoms with Gasteiger partial charge in [0, 0.05) is 0 Å². The number of hydrogen-bond acceptors (Lipinski definition) is 2. The molecule has 0 aliphatic heterocycles. The summed E-state index contributed by atoms with van der Waals surface area (Å²) in [6.07, 6.45) is 4.46. The fourth-order valence-corrected chi connectivity index (χ4v) is 1.72. The first-order valence-corrected chi connectivity index (χ1v) is 4.77. The zero-order chi connectivity index (χ0) is 8.10. The van der Waals surface area contributed by atoms with Crippen LogP contribution >= 0.6 is 11.3 Å². The molecule has 11 heavy (non-hydrogen) atoms. The Kier molecular flexibility index (Phi) is 3.30. The molecule has 1 nitrogen and oxygen atoms in total. The van der Waals surface area contributed by atoms with Gasteiger partial charge in [-0.05, 0) is 29.9 Å². The van der Waals surface area contributed by atoms with Crippen molar-refractivity contribution in [1.29, 1.82) is 0 Å². The summed E-state index contributed by atoms with van der Waals surface area (Å²) in [5, 5.41) is 2.07. The van der Waals surface area contributed by atoms with E-state index < -0.39 is 0 Å². The highest BCUT2D eigenvalue weighted by molar-refractivity contribution is 7.11. The van der Waals surface area contributed by atoms with Gasteiger partial charge in [-0.25, -0.2) is 0 Å². The monoisotopic (exact) mass is 168 g/mol. The van der Waals surface area contributed by atoms with Gasteiger partial charge < -0.3 is 0 Å². The molecule has 1 aromatic heterocycles. The molecule has 0 aliphatic carbocycles. The first-order valence-electron chi connectivity index (χ1n) is 3.89. The third-order valence-electron chi connectivity index (χ3n) is 1.61. The number of carbonyl (C=O) groups is 1. The normalized spacial score (nSPS) is 9.91. The Labute approximate surface area is 71.1 Å². The number of carbonyl (C=O) groups excluding carboxylic acids is 1. The summed E-state index contributed by atoms with van der Waals surface area (Å²) < 4.78 is 0. The minimum absolute atomic E-state index is 0.844. The standard InChI is InChI=1S/C9H12OS/c1-2-3-4-8-5-9(6-10)11-7-8/h5-7H,2-4H2,1H3. The number of aryl methyl sites for hydroxylation is 1. The molecule has 0 radical (unpaired) electrons. The summed E-state index contributed by atoms with van der Waals surface area (Å²) in [5.41, 5.74) is 1.30. The van der Waals surface area contributed by atoms with E-state index in [2.05, 4.69) is 12.3 Å². The number of hydrogen-bond donors (Lipinski definition) is 0. The maximum Gasteiger partial charge on any atom is 0.160 e. The summed E-state index contributed by atoms with van der Waals surface area (Å²) in [6, 6.07) is 1.98. The Hall–Kier alpha value is -0.630. The first kappa shape index (κ1) is 8.47. The van der Waals surface area contributed by atoms with Crippen LogP contribution in [0, 0.1) is 0 Å².